The second-order valence-electron chi connectivity index (χ2n) is 8.43. The number of alkyl halides is 13. The highest BCUT2D eigenvalue weighted by Gasteiger charge is 2.90. The highest BCUT2D eigenvalue weighted by molar-refractivity contribution is 7.99. The van der Waals surface area contributed by atoms with E-state index in [1.165, 1.54) is 37.3 Å². The van der Waals surface area contributed by atoms with Crippen LogP contribution in [0.2, 0.25) is 0 Å². The van der Waals surface area contributed by atoms with Crippen LogP contribution in [-0.2, 0) is 0 Å². The summed E-state index contributed by atoms with van der Waals surface area (Å²) < 4.78 is 174. The standard InChI is InChI=1S/C23H19F13OS/c1-12-10-13(2)16(37)15(11-12)17(14-6-4-3-5-7-14)38-9-8-18(24,25)19(26,27)20(28,29)21(30,31)22(32,33)23(34,35)36/h3-7,10-11,17,37H,8-9H2,1-2H3. The molecule has 0 aliphatic carbocycles. The fraction of sp³-hybridized carbons (Fsp3) is 0.478. The summed E-state index contributed by atoms with van der Waals surface area (Å²) in [6, 6.07) is 10.4. The molecule has 0 aliphatic rings. The van der Waals surface area contributed by atoms with Crippen LogP contribution in [0.15, 0.2) is 42.5 Å². The summed E-state index contributed by atoms with van der Waals surface area (Å²) in [4.78, 5) is 0. The Morgan fingerprint density at radius 1 is 0.711 bits per heavy atom. The van der Waals surface area contributed by atoms with Gasteiger partial charge in [0.25, 0.3) is 0 Å². The van der Waals surface area contributed by atoms with Gasteiger partial charge in [0.2, 0.25) is 0 Å². The maximum absolute atomic E-state index is 14.2. The Balaban J connectivity index is 2.39. The molecule has 15 heteroatoms. The molecule has 0 aliphatic heterocycles. The lowest BCUT2D eigenvalue weighted by molar-refractivity contribution is -0.439. The van der Waals surface area contributed by atoms with Crippen molar-refractivity contribution in [1.29, 1.82) is 0 Å². The molecule has 0 bridgehead atoms. The number of hydrogen-bond acceptors (Lipinski definition) is 2. The van der Waals surface area contributed by atoms with Crippen LogP contribution in [-0.4, -0.2) is 46.6 Å². The van der Waals surface area contributed by atoms with Crippen LogP contribution in [0.4, 0.5) is 57.1 Å². The summed E-state index contributed by atoms with van der Waals surface area (Å²) in [6.07, 6.45) is -9.76. The van der Waals surface area contributed by atoms with E-state index in [2.05, 4.69) is 0 Å². The number of halogens is 13. The van der Waals surface area contributed by atoms with Gasteiger partial charge >= 0.3 is 35.8 Å². The van der Waals surface area contributed by atoms with Crippen molar-refractivity contribution >= 4 is 11.8 Å². The number of benzene rings is 2. The summed E-state index contributed by atoms with van der Waals surface area (Å²) in [5, 5.41) is 9.38. The smallest absolute Gasteiger partial charge is 0.460 e. The predicted octanol–water partition coefficient (Wildman–Crippen LogP) is 8.96. The van der Waals surface area contributed by atoms with Gasteiger partial charge in [0, 0.05) is 17.7 Å². The van der Waals surface area contributed by atoms with Gasteiger partial charge in [-0.05, 0) is 25.0 Å². The minimum absolute atomic E-state index is 0.107. The fourth-order valence-corrected chi connectivity index (χ4v) is 4.77. The van der Waals surface area contributed by atoms with Gasteiger partial charge in [-0.15, -0.1) is 11.8 Å². The predicted molar refractivity (Wildman–Crippen MR) is 114 cm³/mol. The van der Waals surface area contributed by atoms with Crippen molar-refractivity contribution < 1.29 is 62.2 Å². The third-order valence-corrected chi connectivity index (χ3v) is 6.86. The largest absolute Gasteiger partial charge is 0.507 e. The number of aromatic hydroxyl groups is 1. The summed E-state index contributed by atoms with van der Waals surface area (Å²) in [5.41, 5.74) is 1.36. The van der Waals surface area contributed by atoms with E-state index in [1.54, 1.807) is 19.1 Å². The molecule has 2 aromatic carbocycles. The summed E-state index contributed by atoms with van der Waals surface area (Å²) in [7, 11) is 0. The van der Waals surface area contributed by atoms with Gasteiger partial charge in [0.15, 0.2) is 0 Å². The van der Waals surface area contributed by atoms with E-state index in [0.29, 0.717) is 28.5 Å². The summed E-state index contributed by atoms with van der Waals surface area (Å²) in [6.45, 7) is 3.10. The minimum atomic E-state index is -7.92. The molecule has 1 unspecified atom stereocenters. The zero-order valence-electron chi connectivity index (χ0n) is 19.3. The van der Waals surface area contributed by atoms with Crippen molar-refractivity contribution in [2.24, 2.45) is 0 Å². The average molecular weight is 590 g/mol. The molecule has 0 fully saturated rings. The quantitative estimate of drug-likeness (QED) is 0.279. The molecule has 0 amide bonds. The van der Waals surface area contributed by atoms with Crippen LogP contribution in [0.5, 0.6) is 5.75 Å². The number of aryl methyl sites for hydroxylation is 2. The topological polar surface area (TPSA) is 20.2 Å². The van der Waals surface area contributed by atoms with E-state index in [0.717, 1.165) is 0 Å². The Hall–Kier alpha value is -2.32. The second-order valence-corrected chi connectivity index (χ2v) is 9.64. The normalized spacial score (nSPS) is 15.0. The molecule has 0 spiro atoms. The fourth-order valence-electron chi connectivity index (χ4n) is 3.45. The Morgan fingerprint density at radius 2 is 1.21 bits per heavy atom. The molecule has 38 heavy (non-hydrogen) atoms. The highest BCUT2D eigenvalue weighted by Crippen LogP contribution is 2.61. The first kappa shape index (κ1) is 31.9. The van der Waals surface area contributed by atoms with Crippen LogP contribution in [0.3, 0.4) is 0 Å². The second kappa shape index (κ2) is 10.3. The molecule has 214 valence electrons. The van der Waals surface area contributed by atoms with E-state index in [-0.39, 0.29) is 11.3 Å². The van der Waals surface area contributed by atoms with Gasteiger partial charge in [-0.3, -0.25) is 0 Å². The van der Waals surface area contributed by atoms with E-state index in [9.17, 15) is 62.2 Å². The molecular weight excluding hydrogens is 571 g/mol. The van der Waals surface area contributed by atoms with Gasteiger partial charge in [0.05, 0.1) is 5.25 Å². The van der Waals surface area contributed by atoms with E-state index in [4.69, 9.17) is 0 Å². The number of phenols is 1. The Kier molecular flexibility index (Phi) is 8.68. The molecule has 0 aromatic heterocycles. The summed E-state index contributed by atoms with van der Waals surface area (Å²) >= 11 is 0.396. The van der Waals surface area contributed by atoms with Crippen molar-refractivity contribution in [1.82, 2.24) is 0 Å². The van der Waals surface area contributed by atoms with Gasteiger partial charge in [0.1, 0.15) is 5.75 Å². The van der Waals surface area contributed by atoms with Crippen molar-refractivity contribution in [3.63, 3.8) is 0 Å². The number of rotatable bonds is 10. The zero-order chi connectivity index (χ0) is 29.5. The Labute approximate surface area is 212 Å². The molecule has 1 nitrogen and oxygen atoms in total. The first-order valence-electron chi connectivity index (χ1n) is 10.5. The van der Waals surface area contributed by atoms with Gasteiger partial charge in [-0.25, -0.2) is 0 Å². The van der Waals surface area contributed by atoms with Crippen LogP contribution < -0.4 is 0 Å². The van der Waals surface area contributed by atoms with Crippen LogP contribution in [0.1, 0.15) is 33.9 Å². The van der Waals surface area contributed by atoms with Crippen LogP contribution in [0.25, 0.3) is 0 Å². The molecule has 0 saturated carbocycles. The third-order valence-electron chi connectivity index (χ3n) is 5.56. The zero-order valence-corrected chi connectivity index (χ0v) is 20.1. The molecule has 2 aromatic rings. The van der Waals surface area contributed by atoms with E-state index < -0.39 is 53.2 Å². The maximum Gasteiger partial charge on any atom is 0.460 e. The van der Waals surface area contributed by atoms with Crippen molar-refractivity contribution in [3.05, 3.63) is 64.7 Å². The van der Waals surface area contributed by atoms with Crippen molar-refractivity contribution in [3.8, 4) is 5.75 Å². The van der Waals surface area contributed by atoms with Crippen LogP contribution in [0, 0.1) is 13.8 Å². The number of thioether (sulfide) groups is 1. The summed E-state index contributed by atoms with van der Waals surface area (Å²) in [5.74, 6) is -38.4. The maximum atomic E-state index is 14.2. The van der Waals surface area contributed by atoms with E-state index in [1.807, 2.05) is 0 Å². The molecule has 2 rings (SSSR count). The third kappa shape index (κ3) is 5.39. The number of phenolic OH excluding ortho intramolecular Hbond substituents is 1. The molecule has 0 heterocycles. The SMILES string of the molecule is Cc1cc(C)c(O)c(C(SCCC(F)(F)C(F)(F)C(F)(F)C(F)(F)C(F)(F)C(F)(F)F)c2ccccc2)c1. The first-order valence-corrected chi connectivity index (χ1v) is 11.5. The lowest BCUT2D eigenvalue weighted by Crippen LogP contribution is -2.70. The lowest BCUT2D eigenvalue weighted by Gasteiger charge is -2.39. The first-order chi connectivity index (χ1) is 17.0. The van der Waals surface area contributed by atoms with Gasteiger partial charge < -0.3 is 5.11 Å². The minimum Gasteiger partial charge on any atom is -0.507 e. The highest BCUT2D eigenvalue weighted by atomic mass is 32.2. The molecule has 1 N–H and O–H groups in total. The average Bonchev–Trinajstić information content (AvgIpc) is 2.78. The van der Waals surface area contributed by atoms with Crippen LogP contribution >= 0.6 is 11.8 Å². The van der Waals surface area contributed by atoms with E-state index >= 15 is 0 Å². The Bertz CT molecular complexity index is 1110. The van der Waals surface area contributed by atoms with Crippen molar-refractivity contribution in [2.75, 3.05) is 5.75 Å². The molecular formula is C23H19F13OS. The lowest BCUT2D eigenvalue weighted by atomic mass is 9.93. The molecule has 0 radical (unpaired) electrons. The monoisotopic (exact) mass is 590 g/mol. The Morgan fingerprint density at radius 3 is 1.71 bits per heavy atom. The molecule has 1 atom stereocenters. The van der Waals surface area contributed by atoms with Gasteiger partial charge in [-0.1, -0.05) is 48.0 Å². The number of hydrogen-bond donors (Lipinski definition) is 1. The van der Waals surface area contributed by atoms with Gasteiger partial charge in [-0.2, -0.15) is 57.1 Å². The molecule has 0 saturated heterocycles. The van der Waals surface area contributed by atoms with Crippen molar-refractivity contribution in [2.45, 2.75) is 61.3 Å².